The molecule has 0 atom stereocenters. The van der Waals surface area contributed by atoms with Crippen molar-refractivity contribution in [1.29, 1.82) is 0 Å². The summed E-state index contributed by atoms with van der Waals surface area (Å²) in [5.41, 5.74) is 3.01. The topological polar surface area (TPSA) is 99.8 Å². The summed E-state index contributed by atoms with van der Waals surface area (Å²) < 4.78 is 1.69. The molecule has 0 unspecified atom stereocenters. The number of benzene rings is 1. The number of amides is 1. The van der Waals surface area contributed by atoms with Gasteiger partial charge >= 0.3 is 6.09 Å². The van der Waals surface area contributed by atoms with E-state index in [0.717, 1.165) is 0 Å². The lowest BCUT2D eigenvalue weighted by atomic mass is 10.0. The molecular formula is C16H14Cl2N4O3. The number of halogens is 2. The molecule has 3 N–H and O–H groups in total. The van der Waals surface area contributed by atoms with Crippen LogP contribution in [0, 0.1) is 6.92 Å². The summed E-state index contributed by atoms with van der Waals surface area (Å²) in [5.74, 6) is 0.390. The van der Waals surface area contributed by atoms with E-state index < -0.39 is 6.09 Å². The van der Waals surface area contributed by atoms with Gasteiger partial charge in [0.1, 0.15) is 0 Å². The number of aromatic nitrogens is 3. The molecule has 3 aromatic rings. The van der Waals surface area contributed by atoms with E-state index in [9.17, 15) is 9.90 Å². The van der Waals surface area contributed by atoms with Crippen molar-refractivity contribution in [2.45, 2.75) is 20.1 Å². The van der Waals surface area contributed by atoms with E-state index in [1.807, 2.05) is 0 Å². The Morgan fingerprint density at radius 3 is 2.72 bits per heavy atom. The highest BCUT2D eigenvalue weighted by Crippen LogP contribution is 2.34. The summed E-state index contributed by atoms with van der Waals surface area (Å²) in [7, 11) is 0. The maximum atomic E-state index is 10.9. The predicted molar refractivity (Wildman–Crippen MR) is 94.0 cm³/mol. The Bertz CT molecular complexity index is 972. The monoisotopic (exact) mass is 380 g/mol. The van der Waals surface area contributed by atoms with E-state index >= 15 is 0 Å². The second kappa shape index (κ2) is 6.87. The quantitative estimate of drug-likeness (QED) is 0.644. The number of nitrogens with zero attached hydrogens (tertiary/aromatic N) is 3. The zero-order chi connectivity index (χ0) is 18.1. The van der Waals surface area contributed by atoms with E-state index in [2.05, 4.69) is 15.3 Å². The number of hydrogen-bond acceptors (Lipinski definition) is 4. The molecule has 0 aliphatic carbocycles. The van der Waals surface area contributed by atoms with Crippen molar-refractivity contribution in [2.75, 3.05) is 0 Å². The molecule has 0 aliphatic heterocycles. The van der Waals surface area contributed by atoms with Gasteiger partial charge in [-0.05, 0) is 25.1 Å². The fourth-order valence-electron chi connectivity index (χ4n) is 2.62. The van der Waals surface area contributed by atoms with Crippen molar-refractivity contribution in [3.05, 3.63) is 51.4 Å². The van der Waals surface area contributed by atoms with Gasteiger partial charge in [0.15, 0.2) is 0 Å². The molecule has 3 rings (SSSR count). The van der Waals surface area contributed by atoms with Crippen LogP contribution in [0.15, 0.2) is 24.4 Å². The van der Waals surface area contributed by atoms with Crippen molar-refractivity contribution in [3.8, 4) is 11.3 Å². The van der Waals surface area contributed by atoms with Crippen LogP contribution in [0.4, 0.5) is 4.79 Å². The van der Waals surface area contributed by atoms with Gasteiger partial charge in [-0.3, -0.25) is 4.40 Å². The van der Waals surface area contributed by atoms with Gasteiger partial charge in [0.2, 0.25) is 5.78 Å². The van der Waals surface area contributed by atoms with E-state index in [0.29, 0.717) is 44.0 Å². The lowest BCUT2D eigenvalue weighted by Gasteiger charge is -2.16. The van der Waals surface area contributed by atoms with Crippen LogP contribution >= 0.6 is 23.2 Å². The minimum atomic E-state index is -1.14. The first-order chi connectivity index (χ1) is 11.9. The normalized spacial score (nSPS) is 11.0. The predicted octanol–water partition coefficient (Wildman–Crippen LogP) is 3.27. The van der Waals surface area contributed by atoms with Gasteiger partial charge in [0.05, 0.1) is 29.6 Å². The Morgan fingerprint density at radius 2 is 2.08 bits per heavy atom. The number of aliphatic hydroxyl groups excluding tert-OH is 1. The average Bonchev–Trinajstić information content (AvgIpc) is 2.95. The smallest absolute Gasteiger partial charge is 0.404 e. The number of rotatable bonds is 4. The molecule has 0 saturated carbocycles. The zero-order valence-electron chi connectivity index (χ0n) is 13.1. The van der Waals surface area contributed by atoms with Gasteiger partial charge in [0, 0.05) is 28.0 Å². The van der Waals surface area contributed by atoms with Crippen LogP contribution in [0.2, 0.25) is 10.0 Å². The van der Waals surface area contributed by atoms with Crippen LogP contribution in [0.25, 0.3) is 17.0 Å². The van der Waals surface area contributed by atoms with Crippen LogP contribution in [0.1, 0.15) is 17.0 Å². The lowest BCUT2D eigenvalue weighted by molar-refractivity contribution is 0.194. The Hall–Kier alpha value is -2.35. The lowest BCUT2D eigenvalue weighted by Crippen LogP contribution is -2.22. The maximum absolute atomic E-state index is 10.9. The van der Waals surface area contributed by atoms with Crippen molar-refractivity contribution < 1.29 is 15.0 Å². The summed E-state index contributed by atoms with van der Waals surface area (Å²) in [5, 5.41) is 21.6. The van der Waals surface area contributed by atoms with E-state index in [4.69, 9.17) is 28.3 Å². The molecule has 0 aliphatic rings. The summed E-state index contributed by atoms with van der Waals surface area (Å²) >= 11 is 12.4. The van der Waals surface area contributed by atoms with Crippen molar-refractivity contribution in [1.82, 2.24) is 19.7 Å². The van der Waals surface area contributed by atoms with Crippen molar-refractivity contribution in [2.24, 2.45) is 0 Å². The Morgan fingerprint density at radius 1 is 1.32 bits per heavy atom. The molecule has 0 bridgehead atoms. The molecule has 0 fully saturated rings. The Labute approximate surface area is 152 Å². The molecule has 130 valence electrons. The summed E-state index contributed by atoms with van der Waals surface area (Å²) in [6.45, 7) is 1.57. The minimum Gasteiger partial charge on any atom is -0.465 e. The third-order valence-electron chi connectivity index (χ3n) is 3.73. The largest absolute Gasteiger partial charge is 0.465 e. The van der Waals surface area contributed by atoms with Crippen molar-refractivity contribution in [3.63, 3.8) is 0 Å². The SMILES string of the molecule is Cc1nc2nc(CO)cn2c(-c2ccc(Cl)cc2Cl)c1CNC(=O)O. The van der Waals surface area contributed by atoms with E-state index in [1.54, 1.807) is 35.7 Å². The van der Waals surface area contributed by atoms with Crippen molar-refractivity contribution >= 4 is 35.1 Å². The molecule has 1 aromatic carbocycles. The maximum Gasteiger partial charge on any atom is 0.404 e. The molecule has 0 spiro atoms. The first-order valence-corrected chi connectivity index (χ1v) is 8.07. The molecular weight excluding hydrogens is 367 g/mol. The molecule has 0 radical (unpaired) electrons. The first kappa shape index (κ1) is 17.5. The van der Waals surface area contributed by atoms with Gasteiger partial charge in [-0.2, -0.15) is 0 Å². The molecule has 7 nitrogen and oxygen atoms in total. The molecule has 0 saturated heterocycles. The summed E-state index contributed by atoms with van der Waals surface area (Å²) in [6.07, 6.45) is 0.501. The molecule has 2 aromatic heterocycles. The molecule has 1 amide bonds. The highest BCUT2D eigenvalue weighted by atomic mass is 35.5. The van der Waals surface area contributed by atoms with E-state index in [1.165, 1.54) is 0 Å². The summed E-state index contributed by atoms with van der Waals surface area (Å²) in [4.78, 5) is 19.6. The fraction of sp³-hybridized carbons (Fsp3) is 0.188. The van der Waals surface area contributed by atoms with Crippen LogP contribution in [-0.4, -0.2) is 30.7 Å². The number of fused-ring (bicyclic) bond motifs is 1. The number of nitrogens with one attached hydrogen (secondary N) is 1. The van der Waals surface area contributed by atoms with Crippen LogP contribution < -0.4 is 5.32 Å². The van der Waals surface area contributed by atoms with Gasteiger partial charge in [0.25, 0.3) is 0 Å². The third-order valence-corrected chi connectivity index (χ3v) is 4.28. The van der Waals surface area contributed by atoms with Crippen LogP contribution in [-0.2, 0) is 13.2 Å². The second-order valence-electron chi connectivity index (χ2n) is 5.37. The number of carbonyl (C=O) groups is 1. The Balaban J connectivity index is 2.32. The zero-order valence-corrected chi connectivity index (χ0v) is 14.6. The highest BCUT2D eigenvalue weighted by molar-refractivity contribution is 6.36. The van der Waals surface area contributed by atoms with E-state index in [-0.39, 0.29) is 13.2 Å². The van der Waals surface area contributed by atoms with Crippen LogP contribution in [0.5, 0.6) is 0 Å². The second-order valence-corrected chi connectivity index (χ2v) is 6.21. The first-order valence-electron chi connectivity index (χ1n) is 7.31. The standard InChI is InChI=1S/C16H14Cl2N4O3/c1-8-12(5-19-16(24)25)14(11-3-2-9(17)4-13(11)18)22-6-10(7-23)21-15(22)20-8/h2-4,6,19,23H,5,7H2,1H3,(H,24,25). The highest BCUT2D eigenvalue weighted by Gasteiger charge is 2.19. The fourth-order valence-corrected chi connectivity index (χ4v) is 3.12. The number of aliphatic hydroxyl groups is 1. The molecule has 2 heterocycles. The van der Waals surface area contributed by atoms with Crippen LogP contribution in [0.3, 0.4) is 0 Å². The third kappa shape index (κ3) is 3.39. The van der Waals surface area contributed by atoms with Gasteiger partial charge in [-0.1, -0.05) is 23.2 Å². The number of aryl methyl sites for hydroxylation is 1. The Kier molecular flexibility index (Phi) is 4.80. The van der Waals surface area contributed by atoms with Gasteiger partial charge < -0.3 is 15.5 Å². The van der Waals surface area contributed by atoms with Gasteiger partial charge in [-0.25, -0.2) is 14.8 Å². The summed E-state index contributed by atoms with van der Waals surface area (Å²) in [6, 6.07) is 5.06. The molecule has 25 heavy (non-hydrogen) atoms. The average molecular weight is 381 g/mol. The number of hydrogen-bond donors (Lipinski definition) is 3. The molecule has 9 heteroatoms. The number of imidazole rings is 1. The van der Waals surface area contributed by atoms with Gasteiger partial charge in [-0.15, -0.1) is 0 Å². The number of carboxylic acid groups (broad SMARTS) is 1. The minimum absolute atomic E-state index is 0.0467.